The second-order valence-electron chi connectivity index (χ2n) is 7.15. The highest BCUT2D eigenvalue weighted by molar-refractivity contribution is 5.35. The molecule has 0 aliphatic rings. The Hall–Kier alpha value is -2.53. The molecular formula is C22H24F7NO3. The van der Waals surface area contributed by atoms with Gasteiger partial charge >= 0.3 is 13.0 Å². The highest BCUT2D eigenvalue weighted by atomic mass is 19.4. The predicted octanol–water partition coefficient (Wildman–Crippen LogP) is 6.25. The van der Waals surface area contributed by atoms with Crippen LogP contribution >= 0.6 is 0 Å². The van der Waals surface area contributed by atoms with Gasteiger partial charge in [-0.2, -0.15) is 17.6 Å². The predicted molar refractivity (Wildman–Crippen MR) is 106 cm³/mol. The largest absolute Gasteiger partial charge is 0.573 e. The molecule has 0 aliphatic carbocycles. The Morgan fingerprint density at radius 1 is 0.939 bits per heavy atom. The third-order valence-electron chi connectivity index (χ3n) is 4.58. The molecule has 0 radical (unpaired) electrons. The standard InChI is InChI=1S/C22H24F7NO3/c1-30(20(23)24)13-5-10-19(32-21(25)26)31-18-9-3-2-7-16(18)12-11-15-6-4-8-17(14-15)33-22(27,28)29/h2-4,6-9,14,19-21H,5,10-13H2,1H3. The summed E-state index contributed by atoms with van der Waals surface area (Å²) in [6.45, 7) is -5.82. The van der Waals surface area contributed by atoms with E-state index < -0.39 is 25.8 Å². The minimum atomic E-state index is -4.80. The zero-order chi connectivity index (χ0) is 24.4. The van der Waals surface area contributed by atoms with Crippen molar-refractivity contribution in [3.63, 3.8) is 0 Å². The Morgan fingerprint density at radius 2 is 1.67 bits per heavy atom. The van der Waals surface area contributed by atoms with E-state index in [0.29, 0.717) is 24.0 Å². The fourth-order valence-corrected chi connectivity index (χ4v) is 3.02. The number of halogens is 7. The molecule has 0 aliphatic heterocycles. The molecule has 184 valence electrons. The first-order valence-corrected chi connectivity index (χ1v) is 10.0. The molecule has 0 spiro atoms. The zero-order valence-corrected chi connectivity index (χ0v) is 17.7. The van der Waals surface area contributed by atoms with E-state index in [1.54, 1.807) is 30.3 Å². The average Bonchev–Trinajstić information content (AvgIpc) is 2.71. The van der Waals surface area contributed by atoms with Gasteiger partial charge in [0.1, 0.15) is 11.5 Å². The number of aryl methyl sites for hydroxylation is 2. The van der Waals surface area contributed by atoms with Crippen LogP contribution in [0.15, 0.2) is 48.5 Å². The van der Waals surface area contributed by atoms with Crippen molar-refractivity contribution in [2.75, 3.05) is 13.6 Å². The van der Waals surface area contributed by atoms with E-state index in [-0.39, 0.29) is 30.9 Å². The lowest BCUT2D eigenvalue weighted by Crippen LogP contribution is -2.28. The Balaban J connectivity index is 2.03. The van der Waals surface area contributed by atoms with E-state index in [9.17, 15) is 30.7 Å². The molecule has 0 bridgehead atoms. The van der Waals surface area contributed by atoms with Gasteiger partial charge in [-0.15, -0.1) is 13.2 Å². The van der Waals surface area contributed by atoms with Crippen LogP contribution in [0, 0.1) is 0 Å². The van der Waals surface area contributed by atoms with E-state index in [1.165, 1.54) is 25.2 Å². The molecular weight excluding hydrogens is 459 g/mol. The maximum absolute atomic E-state index is 12.8. The quantitative estimate of drug-likeness (QED) is 0.192. The zero-order valence-electron chi connectivity index (χ0n) is 17.7. The van der Waals surface area contributed by atoms with Gasteiger partial charge in [-0.3, -0.25) is 9.64 Å². The third-order valence-corrected chi connectivity index (χ3v) is 4.58. The summed E-state index contributed by atoms with van der Waals surface area (Å²) < 4.78 is 102. The summed E-state index contributed by atoms with van der Waals surface area (Å²) in [4.78, 5) is 0.768. The van der Waals surface area contributed by atoms with Crippen LogP contribution in [0.5, 0.6) is 11.5 Å². The van der Waals surface area contributed by atoms with E-state index in [0.717, 1.165) is 4.90 Å². The molecule has 0 fully saturated rings. The molecule has 0 N–H and O–H groups in total. The molecule has 1 unspecified atom stereocenters. The normalized spacial score (nSPS) is 13.1. The van der Waals surface area contributed by atoms with Crippen molar-refractivity contribution >= 4 is 0 Å². The minimum absolute atomic E-state index is 0.0396. The van der Waals surface area contributed by atoms with Gasteiger partial charge in [-0.1, -0.05) is 30.3 Å². The van der Waals surface area contributed by atoms with Crippen LogP contribution in [0.25, 0.3) is 0 Å². The van der Waals surface area contributed by atoms with E-state index in [1.807, 2.05) is 0 Å². The van der Waals surface area contributed by atoms with Crippen molar-refractivity contribution in [3.8, 4) is 11.5 Å². The van der Waals surface area contributed by atoms with Crippen LogP contribution in [0.3, 0.4) is 0 Å². The van der Waals surface area contributed by atoms with E-state index in [4.69, 9.17) is 4.74 Å². The van der Waals surface area contributed by atoms with Crippen molar-refractivity contribution in [1.29, 1.82) is 0 Å². The molecule has 2 aromatic carbocycles. The molecule has 0 amide bonds. The topological polar surface area (TPSA) is 30.9 Å². The number of hydrogen-bond donors (Lipinski definition) is 0. The number of rotatable bonds is 13. The summed E-state index contributed by atoms with van der Waals surface area (Å²) in [5.41, 5.74) is 1.19. The highest BCUT2D eigenvalue weighted by Crippen LogP contribution is 2.26. The summed E-state index contributed by atoms with van der Waals surface area (Å²) in [5, 5.41) is 0. The van der Waals surface area contributed by atoms with Crippen LogP contribution < -0.4 is 9.47 Å². The van der Waals surface area contributed by atoms with Gasteiger partial charge < -0.3 is 9.47 Å². The van der Waals surface area contributed by atoms with Crippen molar-refractivity contribution in [2.45, 2.75) is 51.5 Å². The molecule has 0 heterocycles. The number of hydrogen-bond acceptors (Lipinski definition) is 4. The molecule has 33 heavy (non-hydrogen) atoms. The van der Waals surface area contributed by atoms with Crippen LogP contribution in [-0.2, 0) is 17.6 Å². The van der Waals surface area contributed by atoms with Gasteiger partial charge in [0.05, 0.1) is 0 Å². The van der Waals surface area contributed by atoms with E-state index >= 15 is 0 Å². The van der Waals surface area contributed by atoms with Gasteiger partial charge in [0, 0.05) is 13.0 Å². The molecule has 2 aromatic rings. The van der Waals surface area contributed by atoms with Gasteiger partial charge in [0.2, 0.25) is 6.29 Å². The number of para-hydroxylation sites is 1. The number of benzene rings is 2. The fraction of sp³-hybridized carbons (Fsp3) is 0.455. The summed E-state index contributed by atoms with van der Waals surface area (Å²) in [6, 6.07) is 12.1. The van der Waals surface area contributed by atoms with Crippen LogP contribution in [0.1, 0.15) is 24.0 Å². The first-order valence-electron chi connectivity index (χ1n) is 10.0. The molecule has 0 saturated heterocycles. The van der Waals surface area contributed by atoms with Crippen LogP contribution in [-0.4, -0.2) is 44.3 Å². The first-order chi connectivity index (χ1) is 15.5. The molecule has 1 atom stereocenters. The Bertz CT molecular complexity index is 849. The minimum Gasteiger partial charge on any atom is -0.464 e. The van der Waals surface area contributed by atoms with E-state index in [2.05, 4.69) is 9.47 Å². The van der Waals surface area contributed by atoms with Gasteiger partial charge in [-0.25, -0.2) is 0 Å². The maximum Gasteiger partial charge on any atom is 0.573 e. The molecule has 2 rings (SSSR count). The first kappa shape index (κ1) is 26.7. The Labute approximate surface area is 186 Å². The lowest BCUT2D eigenvalue weighted by molar-refractivity contribution is -0.274. The smallest absolute Gasteiger partial charge is 0.464 e. The molecule has 11 heteroatoms. The van der Waals surface area contributed by atoms with Crippen molar-refractivity contribution in [3.05, 3.63) is 59.7 Å². The van der Waals surface area contributed by atoms with Crippen LogP contribution in [0.2, 0.25) is 0 Å². The second-order valence-corrected chi connectivity index (χ2v) is 7.15. The fourth-order valence-electron chi connectivity index (χ4n) is 3.02. The molecule has 0 aromatic heterocycles. The molecule has 0 saturated carbocycles. The summed E-state index contributed by atoms with van der Waals surface area (Å²) in [5.74, 6) is -0.0863. The number of ether oxygens (including phenoxy) is 3. The van der Waals surface area contributed by atoms with Crippen molar-refractivity contribution in [1.82, 2.24) is 4.90 Å². The van der Waals surface area contributed by atoms with Gasteiger partial charge in [0.25, 0.3) is 6.55 Å². The SMILES string of the molecule is CN(CCCC(Oc1ccccc1CCc1cccc(OC(F)(F)F)c1)OC(F)F)C(F)F. The monoisotopic (exact) mass is 483 g/mol. The summed E-state index contributed by atoms with van der Waals surface area (Å²) in [6.07, 6.45) is -5.42. The summed E-state index contributed by atoms with van der Waals surface area (Å²) in [7, 11) is 1.21. The highest BCUT2D eigenvalue weighted by Gasteiger charge is 2.31. The van der Waals surface area contributed by atoms with Gasteiger partial charge in [-0.05, 0) is 55.6 Å². The lowest BCUT2D eigenvalue weighted by atomic mass is 10.0. The lowest BCUT2D eigenvalue weighted by Gasteiger charge is -2.22. The number of nitrogens with zero attached hydrogens (tertiary/aromatic N) is 1. The van der Waals surface area contributed by atoms with Crippen molar-refractivity contribution in [2.24, 2.45) is 0 Å². The molecule has 4 nitrogen and oxygen atoms in total. The van der Waals surface area contributed by atoms with Crippen molar-refractivity contribution < 1.29 is 44.9 Å². The van der Waals surface area contributed by atoms with Gasteiger partial charge in [0.15, 0.2) is 0 Å². The van der Waals surface area contributed by atoms with Crippen LogP contribution in [0.4, 0.5) is 30.7 Å². The average molecular weight is 483 g/mol. The summed E-state index contributed by atoms with van der Waals surface area (Å²) >= 11 is 0. The number of alkyl halides is 7. The second kappa shape index (κ2) is 12.6. The Kier molecular flexibility index (Phi) is 10.2. The maximum atomic E-state index is 12.8. The third kappa shape index (κ3) is 10.3. The Morgan fingerprint density at radius 3 is 2.33 bits per heavy atom.